The molecule has 0 spiro atoms. The molecule has 1 aliphatic heterocycles. The van der Waals surface area contributed by atoms with Gasteiger partial charge >= 0.3 is 5.97 Å². The smallest absolute Gasteiger partial charge is 0.320 e. The molecule has 1 N–H and O–H groups in total. The molecule has 0 aromatic heterocycles. The van der Waals surface area contributed by atoms with Crippen LogP contribution in [0.25, 0.3) is 0 Å². The number of hydrogen-bond acceptors (Lipinski definition) is 3. The van der Waals surface area contributed by atoms with Gasteiger partial charge in [0, 0.05) is 18.6 Å². The first-order chi connectivity index (χ1) is 6.43. The second-order valence-corrected chi connectivity index (χ2v) is 4.36. The van der Waals surface area contributed by atoms with Crippen molar-refractivity contribution in [1.29, 1.82) is 0 Å². The average Bonchev–Trinajstić information content (AvgIpc) is 2.44. The average molecular weight is 200 g/mol. The van der Waals surface area contributed by atoms with Gasteiger partial charge in [0.2, 0.25) is 0 Å². The Kier molecular flexibility index (Phi) is 3.50. The quantitative estimate of drug-likeness (QED) is 0.720. The molecule has 0 bridgehead atoms. The molecule has 14 heavy (non-hydrogen) atoms. The Morgan fingerprint density at radius 2 is 2.21 bits per heavy atom. The Balaban J connectivity index is 2.54. The Hall–Kier alpha value is -0.610. The van der Waals surface area contributed by atoms with E-state index in [1.165, 1.54) is 0 Å². The summed E-state index contributed by atoms with van der Waals surface area (Å²) in [5.41, 5.74) is 0. The van der Waals surface area contributed by atoms with Crippen molar-refractivity contribution in [3.05, 3.63) is 0 Å². The van der Waals surface area contributed by atoms with Gasteiger partial charge in [-0.05, 0) is 34.4 Å². The Morgan fingerprint density at radius 1 is 1.64 bits per heavy atom. The molecular weight excluding hydrogens is 180 g/mol. The second kappa shape index (κ2) is 4.28. The first-order valence-electron chi connectivity index (χ1n) is 5.08. The van der Waals surface area contributed by atoms with Crippen LogP contribution in [0.3, 0.4) is 0 Å². The predicted octanol–water partition coefficient (Wildman–Crippen LogP) is 0.484. The monoisotopic (exact) mass is 200 g/mol. The molecule has 1 rings (SSSR count). The van der Waals surface area contributed by atoms with Crippen LogP contribution in [0.1, 0.15) is 20.3 Å². The van der Waals surface area contributed by atoms with Crippen LogP contribution in [0.15, 0.2) is 0 Å². The van der Waals surface area contributed by atoms with E-state index in [9.17, 15) is 4.79 Å². The molecule has 3 atom stereocenters. The number of carboxylic acids is 1. The number of carboxylic acid groups (broad SMARTS) is 1. The highest BCUT2D eigenvalue weighted by molar-refractivity contribution is 5.72. The van der Waals surface area contributed by atoms with Crippen molar-refractivity contribution in [2.45, 2.75) is 38.4 Å². The molecule has 0 aromatic carbocycles. The minimum Gasteiger partial charge on any atom is -0.480 e. The zero-order valence-electron chi connectivity index (χ0n) is 9.40. The Bertz CT molecular complexity index is 210. The van der Waals surface area contributed by atoms with E-state index in [0.29, 0.717) is 12.1 Å². The van der Waals surface area contributed by atoms with E-state index in [1.54, 1.807) is 6.92 Å². The van der Waals surface area contributed by atoms with Gasteiger partial charge in [0.1, 0.15) is 6.04 Å². The van der Waals surface area contributed by atoms with Crippen LogP contribution >= 0.6 is 0 Å². The van der Waals surface area contributed by atoms with Crippen molar-refractivity contribution in [3.8, 4) is 0 Å². The SMILES string of the molecule is CC1CC(N(C)C(C)C(=O)O)CN1C. The van der Waals surface area contributed by atoms with Gasteiger partial charge in [-0.15, -0.1) is 0 Å². The first kappa shape index (κ1) is 11.5. The zero-order chi connectivity index (χ0) is 10.9. The predicted molar refractivity (Wildman–Crippen MR) is 55.4 cm³/mol. The largest absolute Gasteiger partial charge is 0.480 e. The standard InChI is InChI=1S/C10H20N2O2/c1-7-5-9(6-11(7)3)12(4)8(2)10(13)14/h7-9H,5-6H2,1-4H3,(H,13,14). The van der Waals surface area contributed by atoms with Crippen LogP contribution in [-0.4, -0.2) is 59.6 Å². The molecule has 1 fully saturated rings. The highest BCUT2D eigenvalue weighted by Gasteiger charge is 2.32. The maximum atomic E-state index is 10.8. The third kappa shape index (κ3) is 2.25. The van der Waals surface area contributed by atoms with Crippen LogP contribution in [0, 0.1) is 0 Å². The van der Waals surface area contributed by atoms with E-state index >= 15 is 0 Å². The molecule has 4 heteroatoms. The lowest BCUT2D eigenvalue weighted by atomic mass is 10.1. The summed E-state index contributed by atoms with van der Waals surface area (Å²) in [6.07, 6.45) is 1.06. The van der Waals surface area contributed by atoms with Gasteiger partial charge < -0.3 is 10.0 Å². The van der Waals surface area contributed by atoms with Gasteiger partial charge in [0.15, 0.2) is 0 Å². The molecule has 0 amide bonds. The molecule has 3 unspecified atom stereocenters. The number of likely N-dealkylation sites (N-methyl/N-ethyl adjacent to an activating group) is 2. The molecule has 0 radical (unpaired) electrons. The molecule has 4 nitrogen and oxygen atoms in total. The Morgan fingerprint density at radius 3 is 2.57 bits per heavy atom. The highest BCUT2D eigenvalue weighted by atomic mass is 16.4. The molecule has 0 aliphatic carbocycles. The van der Waals surface area contributed by atoms with Crippen LogP contribution in [0.5, 0.6) is 0 Å². The lowest BCUT2D eigenvalue weighted by Crippen LogP contribution is -2.44. The minimum atomic E-state index is -0.741. The summed E-state index contributed by atoms with van der Waals surface area (Å²) in [5.74, 6) is -0.741. The summed E-state index contributed by atoms with van der Waals surface area (Å²) in [5, 5.41) is 8.89. The van der Waals surface area contributed by atoms with Crippen molar-refractivity contribution in [1.82, 2.24) is 9.80 Å². The zero-order valence-corrected chi connectivity index (χ0v) is 9.40. The van der Waals surface area contributed by atoms with E-state index in [4.69, 9.17) is 5.11 Å². The van der Waals surface area contributed by atoms with Gasteiger partial charge in [-0.2, -0.15) is 0 Å². The maximum absolute atomic E-state index is 10.8. The van der Waals surface area contributed by atoms with Gasteiger partial charge in [0.25, 0.3) is 0 Å². The molecule has 0 aromatic rings. The van der Waals surface area contributed by atoms with Gasteiger partial charge in [-0.1, -0.05) is 0 Å². The lowest BCUT2D eigenvalue weighted by molar-refractivity contribution is -0.142. The van der Waals surface area contributed by atoms with Crippen molar-refractivity contribution >= 4 is 5.97 Å². The van der Waals surface area contributed by atoms with E-state index in [-0.39, 0.29) is 0 Å². The number of nitrogens with zero attached hydrogens (tertiary/aromatic N) is 2. The third-order valence-corrected chi connectivity index (χ3v) is 3.41. The van der Waals surface area contributed by atoms with Crippen molar-refractivity contribution in [2.24, 2.45) is 0 Å². The summed E-state index contributed by atoms with van der Waals surface area (Å²) in [4.78, 5) is 15.0. The summed E-state index contributed by atoms with van der Waals surface area (Å²) in [6, 6.07) is 0.545. The maximum Gasteiger partial charge on any atom is 0.320 e. The van der Waals surface area contributed by atoms with E-state index in [2.05, 4.69) is 18.9 Å². The van der Waals surface area contributed by atoms with Crippen molar-refractivity contribution < 1.29 is 9.90 Å². The molecular formula is C10H20N2O2. The number of likely N-dealkylation sites (tertiary alicyclic amines) is 1. The lowest BCUT2D eigenvalue weighted by Gasteiger charge is -2.27. The van der Waals surface area contributed by atoms with Crippen LogP contribution < -0.4 is 0 Å². The normalized spacial score (nSPS) is 30.9. The van der Waals surface area contributed by atoms with E-state index < -0.39 is 12.0 Å². The Labute approximate surface area is 85.5 Å². The summed E-state index contributed by atoms with van der Waals surface area (Å²) in [6.45, 7) is 4.89. The minimum absolute atomic E-state index is 0.376. The number of rotatable bonds is 3. The van der Waals surface area contributed by atoms with Crippen molar-refractivity contribution in [2.75, 3.05) is 20.6 Å². The van der Waals surface area contributed by atoms with Crippen molar-refractivity contribution in [3.63, 3.8) is 0 Å². The fourth-order valence-electron chi connectivity index (χ4n) is 1.95. The van der Waals surface area contributed by atoms with Crippen LogP contribution in [0.4, 0.5) is 0 Å². The molecule has 1 saturated heterocycles. The third-order valence-electron chi connectivity index (χ3n) is 3.41. The van der Waals surface area contributed by atoms with E-state index in [1.807, 2.05) is 11.9 Å². The topological polar surface area (TPSA) is 43.8 Å². The van der Waals surface area contributed by atoms with Gasteiger partial charge in [-0.3, -0.25) is 9.69 Å². The number of carbonyl (C=O) groups is 1. The molecule has 1 heterocycles. The molecule has 82 valence electrons. The fourth-order valence-corrected chi connectivity index (χ4v) is 1.95. The first-order valence-corrected chi connectivity index (χ1v) is 5.08. The number of hydrogen-bond donors (Lipinski definition) is 1. The fraction of sp³-hybridized carbons (Fsp3) is 0.900. The second-order valence-electron chi connectivity index (χ2n) is 4.36. The molecule has 0 saturated carbocycles. The van der Waals surface area contributed by atoms with Crippen LogP contribution in [-0.2, 0) is 4.79 Å². The molecule has 1 aliphatic rings. The number of aliphatic carboxylic acids is 1. The van der Waals surface area contributed by atoms with Gasteiger partial charge in [0.05, 0.1) is 0 Å². The highest BCUT2D eigenvalue weighted by Crippen LogP contribution is 2.20. The summed E-state index contributed by atoms with van der Waals surface area (Å²) >= 11 is 0. The summed E-state index contributed by atoms with van der Waals surface area (Å²) < 4.78 is 0. The summed E-state index contributed by atoms with van der Waals surface area (Å²) in [7, 11) is 3.99. The van der Waals surface area contributed by atoms with Gasteiger partial charge in [-0.25, -0.2) is 0 Å². The van der Waals surface area contributed by atoms with Crippen LogP contribution in [0.2, 0.25) is 0 Å². The van der Waals surface area contributed by atoms with E-state index in [0.717, 1.165) is 13.0 Å².